The molecule has 0 aromatic heterocycles. The second-order valence-corrected chi connectivity index (χ2v) is 7.04. The van der Waals surface area contributed by atoms with Gasteiger partial charge in [-0.05, 0) is 61.1 Å². The van der Waals surface area contributed by atoms with Crippen molar-refractivity contribution in [3.05, 3.63) is 33.4 Å². The fourth-order valence-electron chi connectivity index (χ4n) is 1.70. The average Bonchev–Trinajstić information content (AvgIpc) is 2.44. The van der Waals surface area contributed by atoms with E-state index in [1.807, 2.05) is 24.3 Å². The van der Waals surface area contributed by atoms with E-state index in [1.54, 1.807) is 26.8 Å². The monoisotopic (exact) mass is 430 g/mol. The maximum absolute atomic E-state index is 12.0. The third-order valence-corrected chi connectivity index (χ3v) is 3.33. The number of carbonyl (C=O) groups is 2. The number of nitrogens with one attached hydrogen (secondary N) is 1. The van der Waals surface area contributed by atoms with Gasteiger partial charge in [-0.1, -0.05) is 12.1 Å². The summed E-state index contributed by atoms with van der Waals surface area (Å²) < 4.78 is 11.0. The summed E-state index contributed by atoms with van der Waals surface area (Å²) in [5, 5.41) is 11.0. The molecule has 1 amide bonds. The van der Waals surface area contributed by atoms with Crippen LogP contribution in [-0.4, -0.2) is 30.3 Å². The summed E-state index contributed by atoms with van der Waals surface area (Å²) >= 11 is 2.18. The Labute approximate surface area is 149 Å². The molecule has 1 aromatic rings. The maximum Gasteiger partial charge on any atom is 0.408 e. The molecule has 7 heteroatoms. The predicted octanol–water partition coefficient (Wildman–Crippen LogP) is 2.79. The fraction of sp³-hybridized carbons (Fsp3) is 0.438. The topological polar surface area (TPSA) is 88.4 Å². The van der Waals surface area contributed by atoms with Crippen molar-refractivity contribution in [3.8, 4) is 6.07 Å². The van der Waals surface area contributed by atoms with E-state index in [0.717, 1.165) is 9.13 Å². The van der Waals surface area contributed by atoms with Gasteiger partial charge in [-0.3, -0.25) is 0 Å². The summed E-state index contributed by atoms with van der Waals surface area (Å²) in [4.78, 5) is 23.9. The molecule has 0 spiro atoms. The van der Waals surface area contributed by atoms with Gasteiger partial charge >= 0.3 is 12.1 Å². The van der Waals surface area contributed by atoms with E-state index in [4.69, 9.17) is 14.7 Å². The van der Waals surface area contributed by atoms with E-state index in [0.29, 0.717) is 0 Å². The summed E-state index contributed by atoms with van der Waals surface area (Å²) in [6.07, 6.45) is -0.456. The van der Waals surface area contributed by atoms with Crippen LogP contribution in [0.4, 0.5) is 4.79 Å². The molecule has 0 saturated heterocycles. The van der Waals surface area contributed by atoms with Gasteiger partial charge in [-0.25, -0.2) is 9.59 Å². The first kappa shape index (κ1) is 19.2. The number of hydrogen-bond donors (Lipinski definition) is 1. The van der Waals surface area contributed by atoms with Gasteiger partial charge in [0, 0.05) is 9.99 Å². The standard InChI is InChI=1S/C16H19IN2O4/c1-16(2,3)23-15(21)19-13(14(20)22-9-8-18)10-11-4-6-12(17)7-5-11/h4-7,13H,9-10H2,1-3H3,(H,19,21)/t13-/m0/s1. The Morgan fingerprint density at radius 1 is 1.30 bits per heavy atom. The summed E-state index contributed by atoms with van der Waals surface area (Å²) in [6.45, 7) is 4.83. The molecule has 6 nitrogen and oxygen atoms in total. The lowest BCUT2D eigenvalue weighted by Gasteiger charge is -2.22. The molecule has 0 aliphatic rings. The third-order valence-electron chi connectivity index (χ3n) is 2.61. The largest absolute Gasteiger partial charge is 0.449 e. The van der Waals surface area contributed by atoms with Crippen LogP contribution >= 0.6 is 22.6 Å². The molecule has 0 radical (unpaired) electrons. The van der Waals surface area contributed by atoms with Gasteiger partial charge in [-0.15, -0.1) is 0 Å². The molecule has 1 rings (SSSR count). The molecule has 1 aromatic carbocycles. The molecule has 0 bridgehead atoms. The van der Waals surface area contributed by atoms with Crippen LogP contribution < -0.4 is 5.32 Å². The Morgan fingerprint density at radius 3 is 2.43 bits per heavy atom. The molecule has 0 heterocycles. The van der Waals surface area contributed by atoms with Crippen LogP contribution in [0.2, 0.25) is 0 Å². The average molecular weight is 430 g/mol. The molecule has 1 N–H and O–H groups in total. The van der Waals surface area contributed by atoms with Gasteiger partial charge < -0.3 is 14.8 Å². The van der Waals surface area contributed by atoms with E-state index in [2.05, 4.69) is 27.9 Å². The van der Waals surface area contributed by atoms with Gasteiger partial charge in [0.25, 0.3) is 0 Å². The first-order chi connectivity index (χ1) is 10.7. The van der Waals surface area contributed by atoms with Crippen LogP contribution in [0.5, 0.6) is 0 Å². The Kier molecular flexibility index (Phi) is 7.29. The van der Waals surface area contributed by atoms with Crippen molar-refractivity contribution < 1.29 is 19.1 Å². The highest BCUT2D eigenvalue weighted by Gasteiger charge is 2.25. The number of alkyl carbamates (subject to hydrolysis) is 1. The van der Waals surface area contributed by atoms with Crippen molar-refractivity contribution in [1.82, 2.24) is 5.32 Å². The predicted molar refractivity (Wildman–Crippen MR) is 92.6 cm³/mol. The van der Waals surface area contributed by atoms with Crippen LogP contribution in [0, 0.1) is 14.9 Å². The Morgan fingerprint density at radius 2 is 1.91 bits per heavy atom. The normalized spacial score (nSPS) is 12.0. The third kappa shape index (κ3) is 7.83. The summed E-state index contributed by atoms with van der Waals surface area (Å²) in [7, 11) is 0. The smallest absolute Gasteiger partial charge is 0.408 e. The van der Waals surface area contributed by atoms with Crippen molar-refractivity contribution >= 4 is 34.7 Å². The zero-order valence-electron chi connectivity index (χ0n) is 13.3. The number of halogens is 1. The van der Waals surface area contributed by atoms with Gasteiger partial charge in [0.05, 0.1) is 0 Å². The molecule has 1 atom stereocenters. The van der Waals surface area contributed by atoms with Crippen LogP contribution in [0.15, 0.2) is 24.3 Å². The van der Waals surface area contributed by atoms with Gasteiger partial charge in [0.2, 0.25) is 0 Å². The molecule has 0 aliphatic carbocycles. The van der Waals surface area contributed by atoms with Crippen LogP contribution in [0.1, 0.15) is 26.3 Å². The summed E-state index contributed by atoms with van der Waals surface area (Å²) in [6, 6.07) is 8.35. The zero-order valence-corrected chi connectivity index (χ0v) is 15.4. The van der Waals surface area contributed by atoms with E-state index in [1.165, 1.54) is 0 Å². The lowest BCUT2D eigenvalue weighted by Crippen LogP contribution is -2.45. The minimum Gasteiger partial charge on any atom is -0.449 e. The minimum atomic E-state index is -0.918. The highest BCUT2D eigenvalue weighted by Crippen LogP contribution is 2.11. The quantitative estimate of drug-likeness (QED) is 0.574. The van der Waals surface area contributed by atoms with Crippen LogP contribution in [0.3, 0.4) is 0 Å². The Hall–Kier alpha value is -1.82. The number of nitrogens with zero attached hydrogens (tertiary/aromatic N) is 1. The van der Waals surface area contributed by atoms with Crippen molar-refractivity contribution in [2.45, 2.75) is 38.8 Å². The number of carbonyl (C=O) groups excluding carboxylic acids is 2. The van der Waals surface area contributed by atoms with Crippen LogP contribution in [-0.2, 0) is 20.7 Å². The van der Waals surface area contributed by atoms with Crippen molar-refractivity contribution in [3.63, 3.8) is 0 Å². The van der Waals surface area contributed by atoms with E-state index < -0.39 is 23.7 Å². The molecule has 0 saturated carbocycles. The number of benzene rings is 1. The number of rotatable bonds is 5. The van der Waals surface area contributed by atoms with Crippen molar-refractivity contribution in [2.75, 3.05) is 6.61 Å². The first-order valence-corrected chi connectivity index (χ1v) is 8.06. The fourth-order valence-corrected chi connectivity index (χ4v) is 2.06. The molecular formula is C16H19IN2O4. The highest BCUT2D eigenvalue weighted by molar-refractivity contribution is 14.1. The molecular weight excluding hydrogens is 411 g/mol. The van der Waals surface area contributed by atoms with Crippen molar-refractivity contribution in [1.29, 1.82) is 5.26 Å². The second kappa shape index (κ2) is 8.72. The van der Waals surface area contributed by atoms with Gasteiger partial charge in [0.15, 0.2) is 6.61 Å². The van der Waals surface area contributed by atoms with Gasteiger partial charge in [-0.2, -0.15) is 5.26 Å². The summed E-state index contributed by atoms with van der Waals surface area (Å²) in [5.74, 6) is -0.670. The van der Waals surface area contributed by atoms with Gasteiger partial charge in [0.1, 0.15) is 17.7 Å². The number of amides is 1. The SMILES string of the molecule is CC(C)(C)OC(=O)N[C@@H](Cc1ccc(I)cc1)C(=O)OCC#N. The molecule has 23 heavy (non-hydrogen) atoms. The number of hydrogen-bond acceptors (Lipinski definition) is 5. The second-order valence-electron chi connectivity index (χ2n) is 5.80. The molecule has 0 unspecified atom stereocenters. The van der Waals surface area contributed by atoms with Crippen LogP contribution in [0.25, 0.3) is 0 Å². The highest BCUT2D eigenvalue weighted by atomic mass is 127. The van der Waals surface area contributed by atoms with E-state index >= 15 is 0 Å². The first-order valence-electron chi connectivity index (χ1n) is 6.99. The lowest BCUT2D eigenvalue weighted by atomic mass is 10.1. The Bertz CT molecular complexity index is 588. The van der Waals surface area contributed by atoms with E-state index in [9.17, 15) is 9.59 Å². The summed E-state index contributed by atoms with van der Waals surface area (Å²) in [5.41, 5.74) is 0.189. The molecule has 124 valence electrons. The molecule has 0 fully saturated rings. The number of esters is 1. The molecule has 0 aliphatic heterocycles. The van der Waals surface area contributed by atoms with E-state index in [-0.39, 0.29) is 13.0 Å². The lowest BCUT2D eigenvalue weighted by molar-refractivity contribution is -0.144. The Balaban J connectivity index is 2.80. The maximum atomic E-state index is 12.0. The minimum absolute atomic E-state index is 0.250. The van der Waals surface area contributed by atoms with Crippen molar-refractivity contribution in [2.24, 2.45) is 0 Å². The zero-order chi connectivity index (χ0) is 17.5. The number of ether oxygens (including phenoxy) is 2. The number of nitriles is 1.